The van der Waals surface area contributed by atoms with E-state index in [1.807, 2.05) is 0 Å². The van der Waals surface area contributed by atoms with E-state index >= 15 is 0 Å². The molecule has 0 radical (unpaired) electrons. The van der Waals surface area contributed by atoms with Crippen LogP contribution in [0.3, 0.4) is 0 Å². The van der Waals surface area contributed by atoms with Gasteiger partial charge in [0.2, 0.25) is 11.0 Å². The number of carbonyl (C=O) groups excluding carboxylic acids is 1. The summed E-state index contributed by atoms with van der Waals surface area (Å²) >= 11 is 15.0. The Hall–Kier alpha value is -1.06. The highest BCUT2D eigenvalue weighted by atomic mass is 35.5. The molecule has 0 aliphatic heterocycles. The third kappa shape index (κ3) is 6.10. The monoisotopic (exact) mass is 406 g/mol. The van der Waals surface area contributed by atoms with E-state index in [1.54, 1.807) is 25.3 Å². The predicted molar refractivity (Wildman–Crippen MR) is 101 cm³/mol. The van der Waals surface area contributed by atoms with Gasteiger partial charge in [-0.25, -0.2) is 0 Å². The minimum Gasteiger partial charge on any atom is -0.383 e. The molecule has 2 rings (SSSR count). The van der Waals surface area contributed by atoms with Crippen molar-refractivity contribution in [3.63, 3.8) is 0 Å². The Balaban J connectivity index is 1.75. The highest BCUT2D eigenvalue weighted by molar-refractivity contribution is 8.01. The molecule has 0 fully saturated rings. The van der Waals surface area contributed by atoms with Crippen LogP contribution in [0.2, 0.25) is 10.0 Å². The first-order valence-corrected chi connectivity index (χ1v) is 9.59. The minimum absolute atomic E-state index is 0.152. The second kappa shape index (κ2) is 10.0. The first kappa shape index (κ1) is 19.3. The largest absolute Gasteiger partial charge is 0.383 e. The Labute approximate surface area is 158 Å². The normalized spacial score (nSPS) is 10.6. The van der Waals surface area contributed by atoms with Crippen LogP contribution >= 0.6 is 46.3 Å². The van der Waals surface area contributed by atoms with Crippen molar-refractivity contribution < 1.29 is 9.53 Å². The van der Waals surface area contributed by atoms with E-state index in [0.29, 0.717) is 41.1 Å². The van der Waals surface area contributed by atoms with E-state index in [9.17, 15) is 4.79 Å². The van der Waals surface area contributed by atoms with Gasteiger partial charge in [0.05, 0.1) is 22.3 Å². The molecule has 0 saturated carbocycles. The molecule has 130 valence electrons. The molecule has 0 bridgehead atoms. The molecule has 2 aromatic rings. The number of aromatic nitrogens is 2. The number of carbonyl (C=O) groups is 1. The lowest BCUT2D eigenvalue weighted by Gasteiger charge is -2.08. The Bertz CT molecular complexity index is 664. The average molecular weight is 407 g/mol. The molecular formula is C14H16Cl2N4O2S2. The summed E-state index contributed by atoms with van der Waals surface area (Å²) in [6, 6.07) is 5.08. The number of nitrogens with zero attached hydrogens (tertiary/aromatic N) is 2. The summed E-state index contributed by atoms with van der Waals surface area (Å²) in [4.78, 5) is 12.0. The van der Waals surface area contributed by atoms with Gasteiger partial charge in [-0.15, -0.1) is 10.2 Å². The van der Waals surface area contributed by atoms with E-state index in [0.717, 1.165) is 9.47 Å². The second-order valence-electron chi connectivity index (χ2n) is 4.54. The van der Waals surface area contributed by atoms with Crippen molar-refractivity contribution in [3.05, 3.63) is 28.2 Å². The zero-order valence-electron chi connectivity index (χ0n) is 12.8. The van der Waals surface area contributed by atoms with Crippen molar-refractivity contribution in [1.29, 1.82) is 0 Å². The van der Waals surface area contributed by atoms with Gasteiger partial charge in [-0.3, -0.25) is 4.79 Å². The fourth-order valence-electron chi connectivity index (χ4n) is 1.65. The topological polar surface area (TPSA) is 76.1 Å². The molecule has 0 atom stereocenters. The summed E-state index contributed by atoms with van der Waals surface area (Å²) < 4.78 is 5.76. The van der Waals surface area contributed by atoms with Crippen molar-refractivity contribution in [1.82, 2.24) is 10.2 Å². The van der Waals surface area contributed by atoms with Crippen molar-refractivity contribution >= 4 is 63.0 Å². The number of methoxy groups -OCH3 is 1. The molecule has 1 aromatic carbocycles. The number of amides is 1. The van der Waals surface area contributed by atoms with E-state index < -0.39 is 0 Å². The minimum atomic E-state index is -0.152. The molecule has 6 nitrogen and oxygen atoms in total. The number of nitrogens with one attached hydrogen (secondary N) is 2. The fraction of sp³-hybridized carbons (Fsp3) is 0.357. The Morgan fingerprint density at radius 3 is 2.79 bits per heavy atom. The van der Waals surface area contributed by atoms with Gasteiger partial charge in [-0.2, -0.15) is 0 Å². The van der Waals surface area contributed by atoms with E-state index in [1.165, 1.54) is 23.1 Å². The summed E-state index contributed by atoms with van der Waals surface area (Å²) in [6.45, 7) is 1.28. The molecule has 10 heteroatoms. The molecular weight excluding hydrogens is 391 g/mol. The number of halogens is 2. The van der Waals surface area contributed by atoms with Gasteiger partial charge in [-0.05, 0) is 12.1 Å². The Kier molecular flexibility index (Phi) is 8.07. The number of ether oxygens (including phenoxy) is 1. The highest BCUT2D eigenvalue weighted by Crippen LogP contribution is 2.30. The first-order chi connectivity index (χ1) is 11.6. The van der Waals surface area contributed by atoms with Crippen LogP contribution in [0.1, 0.15) is 6.42 Å². The summed E-state index contributed by atoms with van der Waals surface area (Å²) in [6.07, 6.45) is 0.318. The molecule has 0 saturated heterocycles. The summed E-state index contributed by atoms with van der Waals surface area (Å²) in [5.41, 5.74) is 0.441. The van der Waals surface area contributed by atoms with Crippen molar-refractivity contribution in [3.8, 4) is 0 Å². The van der Waals surface area contributed by atoms with Gasteiger partial charge in [-0.1, -0.05) is 52.4 Å². The standard InChI is InChI=1S/C14H16Cl2N4O2S2/c1-22-7-6-17-13-19-20-14(24-13)23-8-5-11(21)18-12-9(15)3-2-4-10(12)16/h2-4H,5-8H2,1H3,(H,17,19)(H,18,21). The Morgan fingerprint density at radius 2 is 2.08 bits per heavy atom. The van der Waals surface area contributed by atoms with Crippen molar-refractivity contribution in [2.24, 2.45) is 0 Å². The van der Waals surface area contributed by atoms with Crippen molar-refractivity contribution in [2.45, 2.75) is 10.8 Å². The molecule has 0 spiro atoms. The highest BCUT2D eigenvalue weighted by Gasteiger charge is 2.10. The van der Waals surface area contributed by atoms with E-state index in [2.05, 4.69) is 20.8 Å². The molecule has 0 unspecified atom stereocenters. The molecule has 24 heavy (non-hydrogen) atoms. The summed E-state index contributed by atoms with van der Waals surface area (Å²) in [5.74, 6) is 0.432. The third-order valence-electron chi connectivity index (χ3n) is 2.77. The Morgan fingerprint density at radius 1 is 1.33 bits per heavy atom. The van der Waals surface area contributed by atoms with Crippen molar-refractivity contribution in [2.75, 3.05) is 36.6 Å². The zero-order chi connectivity index (χ0) is 17.4. The average Bonchev–Trinajstić information content (AvgIpc) is 2.99. The van der Waals surface area contributed by atoms with Gasteiger partial charge in [0.25, 0.3) is 0 Å². The van der Waals surface area contributed by atoms with Gasteiger partial charge in [0.15, 0.2) is 4.34 Å². The summed E-state index contributed by atoms with van der Waals surface area (Å²) in [5, 5.41) is 15.5. The SMILES string of the molecule is COCCNc1nnc(SCCC(=O)Nc2c(Cl)cccc2Cl)s1. The number of thioether (sulfide) groups is 1. The number of rotatable bonds is 9. The summed E-state index contributed by atoms with van der Waals surface area (Å²) in [7, 11) is 1.64. The van der Waals surface area contributed by atoms with Gasteiger partial charge >= 0.3 is 0 Å². The number of hydrogen-bond donors (Lipinski definition) is 2. The van der Waals surface area contributed by atoms with Crippen LogP contribution in [-0.2, 0) is 9.53 Å². The second-order valence-corrected chi connectivity index (χ2v) is 7.67. The zero-order valence-corrected chi connectivity index (χ0v) is 16.0. The lowest BCUT2D eigenvalue weighted by molar-refractivity contribution is -0.115. The van der Waals surface area contributed by atoms with Crippen LogP contribution in [0.25, 0.3) is 0 Å². The van der Waals surface area contributed by atoms with Gasteiger partial charge in [0, 0.05) is 25.8 Å². The van der Waals surface area contributed by atoms with Crippen LogP contribution in [-0.4, -0.2) is 42.1 Å². The van der Waals surface area contributed by atoms with Crippen LogP contribution in [0.5, 0.6) is 0 Å². The maximum atomic E-state index is 12.0. The number of para-hydroxylation sites is 1. The lowest BCUT2D eigenvalue weighted by atomic mass is 10.3. The molecule has 0 aliphatic rings. The molecule has 1 aromatic heterocycles. The number of benzene rings is 1. The van der Waals surface area contributed by atoms with Gasteiger partial charge in [0.1, 0.15) is 0 Å². The predicted octanol–water partition coefficient (Wildman–Crippen LogP) is 4.02. The number of anilines is 2. The smallest absolute Gasteiger partial charge is 0.225 e. The maximum absolute atomic E-state index is 12.0. The lowest BCUT2D eigenvalue weighted by Crippen LogP contribution is -2.12. The molecule has 0 aliphatic carbocycles. The van der Waals surface area contributed by atoms with Crippen LogP contribution < -0.4 is 10.6 Å². The molecule has 1 heterocycles. The van der Waals surface area contributed by atoms with Crippen LogP contribution in [0.4, 0.5) is 10.8 Å². The first-order valence-electron chi connectivity index (χ1n) is 7.03. The van der Waals surface area contributed by atoms with Crippen LogP contribution in [0, 0.1) is 0 Å². The van der Waals surface area contributed by atoms with Gasteiger partial charge < -0.3 is 15.4 Å². The third-order valence-corrected chi connectivity index (χ3v) is 5.42. The van der Waals surface area contributed by atoms with E-state index in [-0.39, 0.29) is 5.91 Å². The van der Waals surface area contributed by atoms with Crippen LogP contribution in [0.15, 0.2) is 22.5 Å². The molecule has 2 N–H and O–H groups in total. The quantitative estimate of drug-likeness (QED) is 0.483. The van der Waals surface area contributed by atoms with E-state index in [4.69, 9.17) is 27.9 Å². The fourth-order valence-corrected chi connectivity index (χ4v) is 3.93. The molecule has 1 amide bonds. The maximum Gasteiger partial charge on any atom is 0.225 e. The number of hydrogen-bond acceptors (Lipinski definition) is 7.